The lowest BCUT2D eigenvalue weighted by atomic mass is 9.70. The van der Waals surface area contributed by atoms with Crippen molar-refractivity contribution in [3.05, 3.63) is 12.7 Å². The SMILES string of the molecule is C=CCNC(=O)C(=O)C(CCC)NC(=O)[C@@H]1C2CCC3(CC3)[C@H]2CN1C(=O)[C@@H](NC(=O)N[C@H](CN(C)S(C)=O)C(C)(C)C)C1(C)CCCCC1. The van der Waals surface area contributed by atoms with E-state index in [0.29, 0.717) is 25.9 Å². The van der Waals surface area contributed by atoms with Gasteiger partial charge in [-0.05, 0) is 80.1 Å². The molecular weight excluding hydrogens is 657 g/mol. The minimum atomic E-state index is -1.22. The molecule has 1 aliphatic heterocycles. The molecule has 4 aliphatic rings. The molecule has 3 saturated carbocycles. The number of hydrogen-bond acceptors (Lipinski definition) is 6. The van der Waals surface area contributed by atoms with Gasteiger partial charge in [-0.3, -0.25) is 19.2 Å². The number of urea groups is 1. The van der Waals surface area contributed by atoms with Crippen molar-refractivity contribution >= 4 is 40.5 Å². The van der Waals surface area contributed by atoms with Crippen LogP contribution in [0.3, 0.4) is 0 Å². The average molecular weight is 719 g/mol. The number of carbonyl (C=O) groups is 5. The molecule has 4 fully saturated rings. The van der Waals surface area contributed by atoms with Crippen molar-refractivity contribution in [2.24, 2.45) is 28.1 Å². The van der Waals surface area contributed by atoms with E-state index in [1.54, 1.807) is 22.5 Å². The van der Waals surface area contributed by atoms with E-state index in [1.807, 2.05) is 27.7 Å². The first kappa shape index (κ1) is 40.0. The lowest BCUT2D eigenvalue weighted by Gasteiger charge is -2.43. The predicted octanol–water partition coefficient (Wildman–Crippen LogP) is 3.44. The number of hydrogen-bond donors (Lipinski definition) is 4. The fourth-order valence-electron chi connectivity index (χ4n) is 8.70. The molecule has 0 radical (unpaired) electrons. The summed E-state index contributed by atoms with van der Waals surface area (Å²) in [5.41, 5.74) is -0.740. The summed E-state index contributed by atoms with van der Waals surface area (Å²) in [6.45, 7) is 14.5. The van der Waals surface area contributed by atoms with Crippen LogP contribution < -0.4 is 21.3 Å². The van der Waals surface area contributed by atoms with Crippen molar-refractivity contribution in [1.29, 1.82) is 0 Å². The van der Waals surface area contributed by atoms with Gasteiger partial charge in [0.1, 0.15) is 12.1 Å². The number of likely N-dealkylation sites (tertiary alicyclic amines) is 1. The molecule has 3 unspecified atom stereocenters. The van der Waals surface area contributed by atoms with Crippen LogP contribution in [0.4, 0.5) is 4.79 Å². The Morgan fingerprint density at radius 2 is 1.68 bits per heavy atom. The van der Waals surface area contributed by atoms with E-state index in [-0.39, 0.29) is 41.2 Å². The molecule has 0 aromatic rings. The lowest BCUT2D eigenvalue weighted by molar-refractivity contribution is -0.145. The molecule has 0 aromatic carbocycles. The summed E-state index contributed by atoms with van der Waals surface area (Å²) in [4.78, 5) is 70.7. The Morgan fingerprint density at radius 1 is 1.02 bits per heavy atom. The molecule has 1 heterocycles. The highest BCUT2D eigenvalue weighted by Crippen LogP contribution is 2.66. The fourth-order valence-corrected chi connectivity index (χ4v) is 9.06. The maximum Gasteiger partial charge on any atom is 0.315 e. The van der Waals surface area contributed by atoms with Crippen LogP contribution in [0, 0.1) is 28.1 Å². The number of fused-ring (bicyclic) bond motifs is 2. The standard InChI is InChI=1S/C37H62N6O6S/c1-9-14-26(29(44)32(46)38-21-10-2)39-31(45)28-24-15-18-37(19-20-37)25(24)22-43(28)33(47)30(36(6)16-12-11-13-17-36)41-34(48)40-27(35(3,4)5)23-42(7)50(8)49/h10,24-28,30H,2,9,11-23H2,1,3-8H3,(H,38,46)(H,39,45)(H2,40,41,48)/t24?,25-,26?,27+,28-,30+,50?/m0/s1. The second kappa shape index (κ2) is 16.3. The molecule has 0 aromatic heterocycles. The smallest absolute Gasteiger partial charge is 0.315 e. The van der Waals surface area contributed by atoms with Gasteiger partial charge in [-0.15, -0.1) is 6.58 Å². The van der Waals surface area contributed by atoms with Crippen molar-refractivity contribution in [2.75, 3.05) is 32.9 Å². The molecule has 4 N–H and O–H groups in total. The third-order valence-electron chi connectivity index (χ3n) is 12.1. The first-order valence-corrected chi connectivity index (χ1v) is 20.1. The van der Waals surface area contributed by atoms with E-state index in [0.717, 1.165) is 57.8 Å². The Hall–Kier alpha value is -2.80. The highest BCUT2D eigenvalue weighted by molar-refractivity contribution is 7.81. The number of Topliss-reactive ketones (excluding diaryl/α,β-unsaturated/α-hetero) is 1. The van der Waals surface area contributed by atoms with E-state index < -0.39 is 58.2 Å². The maximum atomic E-state index is 15.0. The Bertz CT molecular complexity index is 1320. The summed E-state index contributed by atoms with van der Waals surface area (Å²) in [5.74, 6) is -2.05. The van der Waals surface area contributed by atoms with Gasteiger partial charge in [0.05, 0.1) is 17.0 Å². The summed E-state index contributed by atoms with van der Waals surface area (Å²) in [7, 11) is 0.527. The third kappa shape index (κ3) is 8.97. The second-order valence-corrected chi connectivity index (χ2v) is 18.2. The van der Waals surface area contributed by atoms with Gasteiger partial charge in [0, 0.05) is 31.9 Å². The van der Waals surface area contributed by atoms with Crippen LogP contribution >= 0.6 is 0 Å². The second-order valence-electron chi connectivity index (χ2n) is 16.7. The quantitative estimate of drug-likeness (QED) is 0.150. The Balaban J connectivity index is 1.63. The normalized spacial score (nSPS) is 25.9. The van der Waals surface area contributed by atoms with Crippen LogP contribution in [-0.4, -0.2) is 100 Å². The van der Waals surface area contributed by atoms with Crippen LogP contribution in [0.15, 0.2) is 12.7 Å². The number of rotatable bonds is 15. The number of amides is 5. The van der Waals surface area contributed by atoms with Crippen molar-refractivity contribution in [2.45, 2.75) is 129 Å². The summed E-state index contributed by atoms with van der Waals surface area (Å²) >= 11 is 0. The summed E-state index contributed by atoms with van der Waals surface area (Å²) in [5, 5.41) is 11.6. The molecular formula is C37H62N6O6S. The minimum absolute atomic E-state index is 0.0576. The first-order chi connectivity index (χ1) is 23.5. The topological polar surface area (TPSA) is 157 Å². The average Bonchev–Trinajstić information content (AvgIpc) is 3.63. The van der Waals surface area contributed by atoms with Gasteiger partial charge in [0.25, 0.3) is 5.91 Å². The van der Waals surface area contributed by atoms with Crippen molar-refractivity contribution in [1.82, 2.24) is 30.5 Å². The molecule has 0 bridgehead atoms. The van der Waals surface area contributed by atoms with Gasteiger partial charge in [-0.1, -0.05) is 66.4 Å². The third-order valence-corrected chi connectivity index (χ3v) is 13.2. The number of carbonyl (C=O) groups excluding carboxylic acids is 5. The van der Waals surface area contributed by atoms with E-state index in [9.17, 15) is 28.2 Å². The van der Waals surface area contributed by atoms with Gasteiger partial charge in [0.2, 0.25) is 17.6 Å². The van der Waals surface area contributed by atoms with Crippen molar-refractivity contribution in [3.8, 4) is 0 Å². The van der Waals surface area contributed by atoms with Crippen LogP contribution in [-0.2, 0) is 30.2 Å². The monoisotopic (exact) mass is 718 g/mol. The molecule has 282 valence electrons. The zero-order valence-electron chi connectivity index (χ0n) is 31.4. The van der Waals surface area contributed by atoms with Gasteiger partial charge in [-0.25, -0.2) is 13.3 Å². The number of nitrogens with one attached hydrogen (secondary N) is 4. The molecule has 4 rings (SSSR count). The van der Waals surface area contributed by atoms with E-state index in [2.05, 4.69) is 34.8 Å². The molecule has 13 heteroatoms. The molecule has 3 aliphatic carbocycles. The van der Waals surface area contributed by atoms with E-state index >= 15 is 0 Å². The van der Waals surface area contributed by atoms with Gasteiger partial charge >= 0.3 is 6.03 Å². The summed E-state index contributed by atoms with van der Waals surface area (Å²) in [6.07, 6.45) is 12.4. The lowest BCUT2D eigenvalue weighted by Crippen LogP contribution is -2.63. The number of ketones is 1. The molecule has 7 atom stereocenters. The predicted molar refractivity (Wildman–Crippen MR) is 195 cm³/mol. The van der Waals surface area contributed by atoms with Crippen LogP contribution in [0.5, 0.6) is 0 Å². The van der Waals surface area contributed by atoms with E-state index in [4.69, 9.17) is 0 Å². The zero-order valence-corrected chi connectivity index (χ0v) is 32.2. The minimum Gasteiger partial charge on any atom is -0.346 e. The molecule has 1 saturated heterocycles. The highest BCUT2D eigenvalue weighted by atomic mass is 32.2. The van der Waals surface area contributed by atoms with Crippen LogP contribution in [0.25, 0.3) is 0 Å². The van der Waals surface area contributed by atoms with Crippen molar-refractivity contribution < 1.29 is 28.2 Å². The van der Waals surface area contributed by atoms with Crippen LogP contribution in [0.1, 0.15) is 105 Å². The summed E-state index contributed by atoms with van der Waals surface area (Å²) < 4.78 is 13.9. The largest absolute Gasteiger partial charge is 0.346 e. The van der Waals surface area contributed by atoms with Gasteiger partial charge in [-0.2, -0.15) is 0 Å². The van der Waals surface area contributed by atoms with Gasteiger partial charge < -0.3 is 26.2 Å². The molecule has 50 heavy (non-hydrogen) atoms. The molecule has 12 nitrogen and oxygen atoms in total. The number of nitrogens with zero attached hydrogens (tertiary/aromatic N) is 2. The molecule has 1 spiro atoms. The summed E-state index contributed by atoms with van der Waals surface area (Å²) in [6, 6.07) is -3.51. The van der Waals surface area contributed by atoms with E-state index in [1.165, 1.54) is 6.08 Å². The first-order valence-electron chi connectivity index (χ1n) is 18.6. The van der Waals surface area contributed by atoms with Gasteiger partial charge in [0.15, 0.2) is 0 Å². The number of likely N-dealkylation sites (N-methyl/N-ethyl adjacent to an activating group) is 1. The Kier molecular flexibility index (Phi) is 13.0. The fraction of sp³-hybridized carbons (Fsp3) is 0.811. The zero-order chi connectivity index (χ0) is 37.0. The Labute approximate surface area is 301 Å². The Morgan fingerprint density at radius 3 is 2.24 bits per heavy atom. The maximum absolute atomic E-state index is 15.0. The van der Waals surface area contributed by atoms with Crippen molar-refractivity contribution in [3.63, 3.8) is 0 Å². The molecule has 5 amide bonds. The highest BCUT2D eigenvalue weighted by Gasteiger charge is 2.64. The van der Waals surface area contributed by atoms with Crippen LogP contribution in [0.2, 0.25) is 0 Å².